The summed E-state index contributed by atoms with van der Waals surface area (Å²) in [5.41, 5.74) is 2.33. The Balaban J connectivity index is 2.41. The van der Waals surface area contributed by atoms with E-state index in [0.29, 0.717) is 17.9 Å². The molecule has 0 spiro atoms. The maximum atomic E-state index is 13.7. The van der Waals surface area contributed by atoms with Crippen LogP contribution in [0.4, 0.5) is 4.39 Å². The van der Waals surface area contributed by atoms with E-state index in [4.69, 9.17) is 9.47 Å². The molecule has 134 valence electrons. The molecule has 1 amide bonds. The Kier molecular flexibility index (Phi) is 6.02. The Labute approximate surface area is 148 Å². The van der Waals surface area contributed by atoms with Crippen molar-refractivity contribution in [3.63, 3.8) is 0 Å². The highest BCUT2D eigenvalue weighted by molar-refractivity contribution is 5.80. The van der Waals surface area contributed by atoms with Gasteiger partial charge in [0.1, 0.15) is 17.3 Å². The van der Waals surface area contributed by atoms with Crippen molar-refractivity contribution in [3.8, 4) is 22.6 Å². The monoisotopic (exact) mass is 345 g/mol. The molecule has 0 radical (unpaired) electrons. The van der Waals surface area contributed by atoms with E-state index in [-0.39, 0.29) is 11.7 Å². The van der Waals surface area contributed by atoms with Gasteiger partial charge in [-0.15, -0.1) is 0 Å². The maximum Gasteiger partial charge on any atom is 0.263 e. The van der Waals surface area contributed by atoms with Crippen molar-refractivity contribution in [2.45, 2.75) is 26.4 Å². The van der Waals surface area contributed by atoms with Crippen LogP contribution in [0.1, 0.15) is 18.9 Å². The molecule has 0 N–H and O–H groups in total. The molecule has 1 atom stereocenters. The molecule has 0 aromatic heterocycles. The number of benzene rings is 2. The van der Waals surface area contributed by atoms with Gasteiger partial charge in [-0.1, -0.05) is 13.0 Å². The summed E-state index contributed by atoms with van der Waals surface area (Å²) in [5.74, 6) is 0.697. The van der Waals surface area contributed by atoms with Crippen LogP contribution in [-0.4, -0.2) is 38.1 Å². The molecule has 0 saturated carbocycles. The lowest BCUT2D eigenvalue weighted by Crippen LogP contribution is -2.37. The minimum atomic E-state index is -0.579. The van der Waals surface area contributed by atoms with Crippen molar-refractivity contribution >= 4 is 5.91 Å². The Hall–Kier alpha value is -2.56. The van der Waals surface area contributed by atoms with Crippen LogP contribution < -0.4 is 9.47 Å². The molecule has 2 rings (SSSR count). The largest absolute Gasteiger partial charge is 0.497 e. The third-order valence-electron chi connectivity index (χ3n) is 3.86. The lowest BCUT2D eigenvalue weighted by atomic mass is 10.0. The standard InChI is InChI=1S/C20H24FNO3/c1-6-19(20(23)22(3)4)25-18-11-15(10-17(12-18)24-5)14-7-13(2)8-16(21)9-14/h7-12,19H,6H2,1-5H3. The van der Waals surface area contributed by atoms with Crippen LogP contribution in [0, 0.1) is 12.7 Å². The first-order valence-electron chi connectivity index (χ1n) is 8.18. The third-order valence-corrected chi connectivity index (χ3v) is 3.86. The summed E-state index contributed by atoms with van der Waals surface area (Å²) in [5, 5.41) is 0. The SMILES string of the molecule is CCC(Oc1cc(OC)cc(-c2cc(C)cc(F)c2)c1)C(=O)N(C)C. The number of likely N-dealkylation sites (N-methyl/N-ethyl adjacent to an activating group) is 1. The van der Waals surface area contributed by atoms with Gasteiger partial charge in [0.15, 0.2) is 6.10 Å². The van der Waals surface area contributed by atoms with Gasteiger partial charge >= 0.3 is 0 Å². The number of halogens is 1. The summed E-state index contributed by atoms with van der Waals surface area (Å²) >= 11 is 0. The second kappa shape index (κ2) is 8.01. The molecule has 2 aromatic carbocycles. The van der Waals surface area contributed by atoms with Crippen molar-refractivity contribution in [1.82, 2.24) is 4.90 Å². The van der Waals surface area contributed by atoms with Crippen LogP contribution in [0.15, 0.2) is 36.4 Å². The predicted octanol–water partition coefficient (Wildman–Crippen LogP) is 4.06. The lowest BCUT2D eigenvalue weighted by molar-refractivity contribution is -0.136. The van der Waals surface area contributed by atoms with Gasteiger partial charge in [-0.05, 0) is 54.3 Å². The first-order valence-corrected chi connectivity index (χ1v) is 8.18. The van der Waals surface area contributed by atoms with Crippen LogP contribution in [0.5, 0.6) is 11.5 Å². The number of amides is 1. The van der Waals surface area contributed by atoms with E-state index in [2.05, 4.69) is 0 Å². The Morgan fingerprint density at radius 2 is 1.72 bits per heavy atom. The fourth-order valence-corrected chi connectivity index (χ4v) is 2.59. The number of hydrogen-bond donors (Lipinski definition) is 0. The zero-order valence-electron chi connectivity index (χ0n) is 15.3. The molecule has 0 bridgehead atoms. The average Bonchev–Trinajstić information content (AvgIpc) is 2.57. The summed E-state index contributed by atoms with van der Waals surface area (Å²) < 4.78 is 25.0. The van der Waals surface area contributed by atoms with Crippen LogP contribution >= 0.6 is 0 Å². The highest BCUT2D eigenvalue weighted by Gasteiger charge is 2.20. The fourth-order valence-electron chi connectivity index (χ4n) is 2.59. The summed E-state index contributed by atoms with van der Waals surface area (Å²) in [6, 6.07) is 10.2. The van der Waals surface area contributed by atoms with Gasteiger partial charge in [0, 0.05) is 20.2 Å². The summed E-state index contributed by atoms with van der Waals surface area (Å²) in [6.45, 7) is 3.73. The van der Waals surface area contributed by atoms with E-state index in [0.717, 1.165) is 16.7 Å². The molecule has 0 aliphatic heterocycles. The predicted molar refractivity (Wildman–Crippen MR) is 96.5 cm³/mol. The quantitative estimate of drug-likeness (QED) is 0.793. The number of ether oxygens (including phenoxy) is 2. The number of methoxy groups -OCH3 is 1. The van der Waals surface area contributed by atoms with Crippen molar-refractivity contribution in [3.05, 3.63) is 47.8 Å². The van der Waals surface area contributed by atoms with Gasteiger partial charge in [-0.3, -0.25) is 4.79 Å². The van der Waals surface area contributed by atoms with E-state index in [1.807, 2.05) is 26.0 Å². The van der Waals surface area contributed by atoms with Gasteiger partial charge in [0.25, 0.3) is 5.91 Å². The molecule has 1 unspecified atom stereocenters. The minimum Gasteiger partial charge on any atom is -0.497 e. The van der Waals surface area contributed by atoms with Crippen LogP contribution in [-0.2, 0) is 4.79 Å². The second-order valence-corrected chi connectivity index (χ2v) is 6.16. The maximum absolute atomic E-state index is 13.7. The van der Waals surface area contributed by atoms with Crippen molar-refractivity contribution in [1.29, 1.82) is 0 Å². The molecule has 4 nitrogen and oxygen atoms in total. The number of rotatable bonds is 6. The number of carbonyl (C=O) groups excluding carboxylic acids is 1. The number of hydrogen-bond acceptors (Lipinski definition) is 3. The zero-order chi connectivity index (χ0) is 18.6. The van der Waals surface area contributed by atoms with Crippen LogP contribution in [0.3, 0.4) is 0 Å². The average molecular weight is 345 g/mol. The first kappa shape index (κ1) is 18.8. The van der Waals surface area contributed by atoms with Gasteiger partial charge < -0.3 is 14.4 Å². The molecule has 5 heteroatoms. The Morgan fingerprint density at radius 1 is 1.08 bits per heavy atom. The molecule has 0 aliphatic carbocycles. The van der Waals surface area contributed by atoms with E-state index in [1.54, 1.807) is 33.3 Å². The minimum absolute atomic E-state index is 0.103. The fraction of sp³-hybridized carbons (Fsp3) is 0.350. The van der Waals surface area contributed by atoms with E-state index in [1.165, 1.54) is 17.0 Å². The summed E-state index contributed by atoms with van der Waals surface area (Å²) in [4.78, 5) is 13.7. The Bertz CT molecular complexity index is 738. The molecular weight excluding hydrogens is 321 g/mol. The molecule has 2 aromatic rings. The molecule has 0 heterocycles. The highest BCUT2D eigenvalue weighted by Crippen LogP contribution is 2.31. The van der Waals surface area contributed by atoms with E-state index in [9.17, 15) is 9.18 Å². The van der Waals surface area contributed by atoms with E-state index < -0.39 is 6.10 Å². The number of nitrogens with zero attached hydrogens (tertiary/aromatic N) is 1. The summed E-state index contributed by atoms with van der Waals surface area (Å²) in [6.07, 6.45) is -0.0352. The zero-order valence-corrected chi connectivity index (χ0v) is 15.3. The second-order valence-electron chi connectivity index (χ2n) is 6.16. The third kappa shape index (κ3) is 4.72. The molecule has 0 aliphatic rings. The van der Waals surface area contributed by atoms with Gasteiger partial charge in [-0.2, -0.15) is 0 Å². The molecule has 25 heavy (non-hydrogen) atoms. The molecule has 0 saturated heterocycles. The number of aryl methyl sites for hydroxylation is 1. The smallest absolute Gasteiger partial charge is 0.263 e. The van der Waals surface area contributed by atoms with Crippen molar-refractivity contribution in [2.24, 2.45) is 0 Å². The van der Waals surface area contributed by atoms with Crippen molar-refractivity contribution < 1.29 is 18.7 Å². The normalized spacial score (nSPS) is 11.8. The van der Waals surface area contributed by atoms with Crippen LogP contribution in [0.25, 0.3) is 11.1 Å². The van der Waals surface area contributed by atoms with Gasteiger partial charge in [0.2, 0.25) is 0 Å². The topological polar surface area (TPSA) is 38.8 Å². The Morgan fingerprint density at radius 3 is 2.28 bits per heavy atom. The lowest BCUT2D eigenvalue weighted by Gasteiger charge is -2.21. The van der Waals surface area contributed by atoms with Gasteiger partial charge in [-0.25, -0.2) is 4.39 Å². The van der Waals surface area contributed by atoms with E-state index >= 15 is 0 Å². The molecular formula is C20H24FNO3. The molecule has 0 fully saturated rings. The first-order chi connectivity index (χ1) is 11.8. The summed E-state index contributed by atoms with van der Waals surface area (Å²) in [7, 11) is 4.95. The van der Waals surface area contributed by atoms with Gasteiger partial charge in [0.05, 0.1) is 7.11 Å². The number of carbonyl (C=O) groups is 1. The van der Waals surface area contributed by atoms with Crippen molar-refractivity contribution in [2.75, 3.05) is 21.2 Å². The van der Waals surface area contributed by atoms with Crippen LogP contribution in [0.2, 0.25) is 0 Å². The highest BCUT2D eigenvalue weighted by atomic mass is 19.1.